The Morgan fingerprint density at radius 1 is 0.789 bits per heavy atom. The molecule has 0 spiro atoms. The highest BCUT2D eigenvalue weighted by atomic mass is 16.5. The number of hydrogen-bond acceptors (Lipinski definition) is 3. The van der Waals surface area contributed by atoms with E-state index in [0.717, 1.165) is 25.2 Å². The Bertz CT molecular complexity index is 184. The molecule has 0 radical (unpaired) electrons. The van der Waals surface area contributed by atoms with Crippen molar-refractivity contribution in [3.05, 3.63) is 0 Å². The third-order valence-corrected chi connectivity index (χ3v) is 3.92. The number of unbranched alkanes of at least 4 members (excludes halogenated alkanes) is 4. The zero-order valence-electron chi connectivity index (χ0n) is 13.0. The van der Waals surface area contributed by atoms with Crippen LogP contribution in [0.25, 0.3) is 0 Å². The van der Waals surface area contributed by atoms with Crippen molar-refractivity contribution in [1.82, 2.24) is 0 Å². The normalized spacial score (nSPS) is 14.8. The summed E-state index contributed by atoms with van der Waals surface area (Å²) in [6.07, 6.45) is 11.7. The van der Waals surface area contributed by atoms with Gasteiger partial charge in [0, 0.05) is 6.04 Å². The van der Waals surface area contributed by atoms with Gasteiger partial charge in [-0.15, -0.1) is 0 Å². The molecule has 3 heteroatoms. The van der Waals surface area contributed by atoms with Crippen LogP contribution in [0.4, 0.5) is 0 Å². The first-order valence-electron chi connectivity index (χ1n) is 8.18. The van der Waals surface area contributed by atoms with Crippen LogP contribution in [-0.2, 0) is 0 Å². The molecule has 0 aromatic carbocycles. The lowest BCUT2D eigenvalue weighted by Crippen LogP contribution is -2.13. The minimum atomic E-state index is -1.12. The van der Waals surface area contributed by atoms with E-state index < -0.39 is 6.29 Å². The van der Waals surface area contributed by atoms with E-state index in [9.17, 15) is 0 Å². The van der Waals surface area contributed by atoms with Gasteiger partial charge in [-0.05, 0) is 32.1 Å². The van der Waals surface area contributed by atoms with Gasteiger partial charge in [-0.1, -0.05) is 58.3 Å². The van der Waals surface area contributed by atoms with Crippen LogP contribution in [0, 0.1) is 5.92 Å². The first kappa shape index (κ1) is 18.9. The molecule has 0 bridgehead atoms. The number of nitrogens with two attached hydrogens (primary N) is 1. The Hall–Kier alpha value is -0.120. The summed E-state index contributed by atoms with van der Waals surface area (Å²) >= 11 is 0. The Morgan fingerprint density at radius 2 is 1.26 bits per heavy atom. The predicted octanol–water partition coefficient (Wildman–Crippen LogP) is 3.57. The molecule has 116 valence electrons. The largest absolute Gasteiger partial charge is 0.368 e. The maximum atomic E-state index is 8.78. The molecule has 0 rings (SSSR count). The summed E-state index contributed by atoms with van der Waals surface area (Å²) in [4.78, 5) is 0. The standard InChI is InChI=1S/C16H35NO2/c1-3-15(12-8-9-13-16(18)19)11-7-5-4-6-10-14(2)17/h14-16,18-19H,3-13,17H2,1-2H3. The second-order valence-corrected chi connectivity index (χ2v) is 6.01. The third-order valence-electron chi connectivity index (χ3n) is 3.92. The average Bonchev–Trinajstić information content (AvgIpc) is 2.35. The topological polar surface area (TPSA) is 66.5 Å². The number of aliphatic hydroxyl groups is 2. The van der Waals surface area contributed by atoms with Crippen LogP contribution in [0.2, 0.25) is 0 Å². The van der Waals surface area contributed by atoms with Gasteiger partial charge in [0.25, 0.3) is 0 Å². The summed E-state index contributed by atoms with van der Waals surface area (Å²) in [6, 6.07) is 0.352. The van der Waals surface area contributed by atoms with E-state index in [-0.39, 0.29) is 0 Å². The lowest BCUT2D eigenvalue weighted by Gasteiger charge is -2.14. The SMILES string of the molecule is CCC(CCCCCCC(C)N)CCCCC(O)O. The van der Waals surface area contributed by atoms with Gasteiger partial charge in [0.1, 0.15) is 0 Å². The van der Waals surface area contributed by atoms with Crippen LogP contribution in [0.15, 0.2) is 0 Å². The quantitative estimate of drug-likeness (QED) is 0.355. The number of hydrogen-bond donors (Lipinski definition) is 3. The van der Waals surface area contributed by atoms with Crippen LogP contribution < -0.4 is 5.73 Å². The lowest BCUT2D eigenvalue weighted by atomic mass is 9.92. The fraction of sp³-hybridized carbons (Fsp3) is 1.00. The zero-order valence-corrected chi connectivity index (χ0v) is 13.0. The molecule has 0 aromatic heterocycles. The highest BCUT2D eigenvalue weighted by molar-refractivity contribution is 4.60. The number of rotatable bonds is 13. The van der Waals surface area contributed by atoms with Crippen LogP contribution >= 0.6 is 0 Å². The summed E-state index contributed by atoms with van der Waals surface area (Å²) in [5.41, 5.74) is 5.73. The molecule has 0 aliphatic heterocycles. The highest BCUT2D eigenvalue weighted by Crippen LogP contribution is 2.21. The van der Waals surface area contributed by atoms with Crippen molar-refractivity contribution in [1.29, 1.82) is 0 Å². The molecule has 3 nitrogen and oxygen atoms in total. The second-order valence-electron chi connectivity index (χ2n) is 6.01. The van der Waals surface area contributed by atoms with Gasteiger partial charge < -0.3 is 15.9 Å². The monoisotopic (exact) mass is 273 g/mol. The van der Waals surface area contributed by atoms with E-state index in [2.05, 4.69) is 13.8 Å². The molecule has 0 aliphatic carbocycles. The molecule has 0 aromatic rings. The van der Waals surface area contributed by atoms with E-state index in [0.29, 0.717) is 12.5 Å². The van der Waals surface area contributed by atoms with Crippen molar-refractivity contribution in [2.45, 2.75) is 96.8 Å². The molecule has 4 N–H and O–H groups in total. The van der Waals surface area contributed by atoms with E-state index in [1.165, 1.54) is 44.9 Å². The van der Waals surface area contributed by atoms with Crippen molar-refractivity contribution in [2.24, 2.45) is 11.7 Å². The van der Waals surface area contributed by atoms with E-state index >= 15 is 0 Å². The molecule has 2 atom stereocenters. The fourth-order valence-electron chi connectivity index (χ4n) is 2.57. The molecular weight excluding hydrogens is 238 g/mol. The van der Waals surface area contributed by atoms with Crippen molar-refractivity contribution in [2.75, 3.05) is 0 Å². The molecular formula is C16H35NO2. The summed E-state index contributed by atoms with van der Waals surface area (Å²) in [6.45, 7) is 4.35. The predicted molar refractivity (Wildman–Crippen MR) is 81.8 cm³/mol. The van der Waals surface area contributed by atoms with Crippen LogP contribution in [0.5, 0.6) is 0 Å². The van der Waals surface area contributed by atoms with E-state index in [1.807, 2.05) is 0 Å². The Labute approximate surface area is 119 Å². The summed E-state index contributed by atoms with van der Waals surface area (Å²) in [7, 11) is 0. The molecule has 0 aliphatic rings. The maximum absolute atomic E-state index is 8.78. The maximum Gasteiger partial charge on any atom is 0.151 e. The minimum Gasteiger partial charge on any atom is -0.368 e. The molecule has 19 heavy (non-hydrogen) atoms. The molecule has 0 fully saturated rings. The summed E-state index contributed by atoms with van der Waals surface area (Å²) in [5, 5.41) is 17.6. The summed E-state index contributed by atoms with van der Waals surface area (Å²) in [5.74, 6) is 0.823. The third kappa shape index (κ3) is 14.1. The second kappa shape index (κ2) is 12.9. The Kier molecular flexibility index (Phi) is 12.8. The highest BCUT2D eigenvalue weighted by Gasteiger charge is 2.06. The lowest BCUT2D eigenvalue weighted by molar-refractivity contribution is -0.0467. The van der Waals surface area contributed by atoms with Gasteiger partial charge in [0.05, 0.1) is 0 Å². The summed E-state index contributed by atoms with van der Waals surface area (Å²) < 4.78 is 0. The van der Waals surface area contributed by atoms with Crippen molar-refractivity contribution in [3.63, 3.8) is 0 Å². The molecule has 0 saturated carbocycles. The van der Waals surface area contributed by atoms with Gasteiger partial charge in [0.15, 0.2) is 6.29 Å². The molecule has 2 unspecified atom stereocenters. The first-order chi connectivity index (χ1) is 9.06. The average molecular weight is 273 g/mol. The van der Waals surface area contributed by atoms with Crippen LogP contribution in [-0.4, -0.2) is 22.5 Å². The first-order valence-corrected chi connectivity index (χ1v) is 8.18. The smallest absolute Gasteiger partial charge is 0.151 e. The van der Waals surface area contributed by atoms with Gasteiger partial charge in [0.2, 0.25) is 0 Å². The molecule has 0 amide bonds. The van der Waals surface area contributed by atoms with Crippen LogP contribution in [0.3, 0.4) is 0 Å². The molecule has 0 heterocycles. The Morgan fingerprint density at radius 3 is 1.74 bits per heavy atom. The van der Waals surface area contributed by atoms with Crippen LogP contribution in [0.1, 0.15) is 84.5 Å². The van der Waals surface area contributed by atoms with Crippen molar-refractivity contribution < 1.29 is 10.2 Å². The fourth-order valence-corrected chi connectivity index (χ4v) is 2.57. The van der Waals surface area contributed by atoms with Gasteiger partial charge in [-0.25, -0.2) is 0 Å². The Balaban J connectivity index is 3.38. The van der Waals surface area contributed by atoms with Gasteiger partial charge >= 0.3 is 0 Å². The molecule has 0 saturated heterocycles. The van der Waals surface area contributed by atoms with Gasteiger partial charge in [-0.2, -0.15) is 0 Å². The van der Waals surface area contributed by atoms with Crippen molar-refractivity contribution >= 4 is 0 Å². The van der Waals surface area contributed by atoms with Gasteiger partial charge in [-0.3, -0.25) is 0 Å². The zero-order chi connectivity index (χ0) is 14.5. The number of aliphatic hydroxyl groups excluding tert-OH is 1. The van der Waals surface area contributed by atoms with E-state index in [4.69, 9.17) is 15.9 Å². The van der Waals surface area contributed by atoms with E-state index in [1.54, 1.807) is 0 Å². The minimum absolute atomic E-state index is 0.352. The van der Waals surface area contributed by atoms with Crippen molar-refractivity contribution in [3.8, 4) is 0 Å².